The fraction of sp³-hybridized carbons (Fsp3) is 0.238. The number of carbonyl (C=O) groups excluding carboxylic acids is 1. The highest BCUT2D eigenvalue weighted by Gasteiger charge is 2.16. The Kier molecular flexibility index (Phi) is 6.22. The Morgan fingerprint density at radius 1 is 1.11 bits per heavy atom. The van der Waals surface area contributed by atoms with Gasteiger partial charge in [0.05, 0.1) is 0 Å². The van der Waals surface area contributed by atoms with E-state index in [0.717, 1.165) is 22.2 Å². The Bertz CT molecular complexity index is 954. The summed E-state index contributed by atoms with van der Waals surface area (Å²) in [5.41, 5.74) is 2.13. The standard InChI is InChI=1S/C21H23N3O3/c1-27-13-7-12-24(21(26)22-17-8-3-2-4-9-17)15-16-14-20(25)23-19-11-6-5-10-18(16)19/h2-6,8-11,14H,7,12-13,15H2,1H3,(H,22,26)(H,23,25). The van der Waals surface area contributed by atoms with E-state index in [2.05, 4.69) is 10.3 Å². The Balaban J connectivity index is 1.85. The van der Waals surface area contributed by atoms with Crippen LogP contribution in [0.5, 0.6) is 0 Å². The number of anilines is 1. The van der Waals surface area contributed by atoms with E-state index in [4.69, 9.17) is 4.74 Å². The van der Waals surface area contributed by atoms with Crippen LogP contribution < -0.4 is 10.9 Å². The molecule has 0 atom stereocenters. The number of carbonyl (C=O) groups is 1. The number of nitrogens with zero attached hydrogens (tertiary/aromatic N) is 1. The van der Waals surface area contributed by atoms with Crippen LogP contribution in [0.25, 0.3) is 10.9 Å². The van der Waals surface area contributed by atoms with Gasteiger partial charge in [-0.3, -0.25) is 4.79 Å². The van der Waals surface area contributed by atoms with E-state index in [9.17, 15) is 9.59 Å². The first-order valence-corrected chi connectivity index (χ1v) is 8.88. The Morgan fingerprint density at radius 2 is 1.85 bits per heavy atom. The fourth-order valence-corrected chi connectivity index (χ4v) is 2.99. The summed E-state index contributed by atoms with van der Waals surface area (Å²) in [6.07, 6.45) is 0.708. The highest BCUT2D eigenvalue weighted by molar-refractivity contribution is 5.90. The van der Waals surface area contributed by atoms with Crippen molar-refractivity contribution in [1.82, 2.24) is 9.88 Å². The number of aromatic nitrogens is 1. The Labute approximate surface area is 157 Å². The molecule has 6 heteroatoms. The Hall–Kier alpha value is -3.12. The number of H-pyrrole nitrogens is 1. The molecule has 3 rings (SSSR count). The fourth-order valence-electron chi connectivity index (χ4n) is 2.99. The number of ether oxygens (including phenoxy) is 1. The van der Waals surface area contributed by atoms with Crippen LogP contribution in [0.4, 0.5) is 10.5 Å². The van der Waals surface area contributed by atoms with Crippen molar-refractivity contribution in [3.8, 4) is 0 Å². The van der Waals surface area contributed by atoms with Crippen molar-refractivity contribution >= 4 is 22.6 Å². The molecular formula is C21H23N3O3. The molecule has 27 heavy (non-hydrogen) atoms. The van der Waals surface area contributed by atoms with Crippen LogP contribution in [0, 0.1) is 0 Å². The molecule has 0 unspecified atom stereocenters. The van der Waals surface area contributed by atoms with E-state index in [0.29, 0.717) is 26.1 Å². The minimum Gasteiger partial charge on any atom is -0.385 e. The molecule has 2 N–H and O–H groups in total. The van der Waals surface area contributed by atoms with Crippen molar-refractivity contribution in [2.75, 3.05) is 25.6 Å². The van der Waals surface area contributed by atoms with Crippen molar-refractivity contribution in [2.45, 2.75) is 13.0 Å². The van der Waals surface area contributed by atoms with Gasteiger partial charge in [0, 0.05) is 49.5 Å². The highest BCUT2D eigenvalue weighted by Crippen LogP contribution is 2.17. The minimum absolute atomic E-state index is 0.177. The summed E-state index contributed by atoms with van der Waals surface area (Å²) >= 11 is 0. The zero-order chi connectivity index (χ0) is 19.1. The third-order valence-electron chi connectivity index (χ3n) is 4.29. The lowest BCUT2D eigenvalue weighted by molar-refractivity contribution is 0.172. The molecule has 0 aliphatic heterocycles. The van der Waals surface area contributed by atoms with Crippen LogP contribution >= 0.6 is 0 Å². The minimum atomic E-state index is -0.207. The summed E-state index contributed by atoms with van der Waals surface area (Å²) in [6, 6.07) is 18.3. The van der Waals surface area contributed by atoms with Gasteiger partial charge in [0.2, 0.25) is 5.56 Å². The second kappa shape index (κ2) is 9.00. The van der Waals surface area contributed by atoms with Gasteiger partial charge < -0.3 is 19.9 Å². The lowest BCUT2D eigenvalue weighted by atomic mass is 10.1. The maximum atomic E-state index is 12.8. The van der Waals surface area contributed by atoms with E-state index < -0.39 is 0 Å². The molecule has 1 aromatic heterocycles. The number of amides is 2. The van der Waals surface area contributed by atoms with Crippen molar-refractivity contribution in [3.63, 3.8) is 0 Å². The van der Waals surface area contributed by atoms with Crippen LogP contribution in [0.3, 0.4) is 0 Å². The molecule has 0 spiro atoms. The molecule has 0 aliphatic rings. The number of fused-ring (bicyclic) bond motifs is 1. The molecular weight excluding hydrogens is 342 g/mol. The highest BCUT2D eigenvalue weighted by atomic mass is 16.5. The van der Waals surface area contributed by atoms with Crippen LogP contribution in [0.2, 0.25) is 0 Å². The maximum Gasteiger partial charge on any atom is 0.322 e. The average molecular weight is 365 g/mol. The first-order chi connectivity index (χ1) is 13.2. The number of benzene rings is 2. The van der Waals surface area contributed by atoms with E-state index >= 15 is 0 Å². The first kappa shape index (κ1) is 18.7. The Morgan fingerprint density at radius 3 is 2.63 bits per heavy atom. The van der Waals surface area contributed by atoms with Crippen molar-refractivity contribution in [3.05, 3.63) is 76.6 Å². The second-order valence-corrected chi connectivity index (χ2v) is 6.27. The van der Waals surface area contributed by atoms with Gasteiger partial charge in [0.25, 0.3) is 0 Å². The monoisotopic (exact) mass is 365 g/mol. The number of para-hydroxylation sites is 2. The molecule has 0 bridgehead atoms. The van der Waals surface area contributed by atoms with Gasteiger partial charge in [-0.25, -0.2) is 4.79 Å². The number of aromatic amines is 1. The van der Waals surface area contributed by atoms with Crippen LogP contribution in [0.15, 0.2) is 65.5 Å². The van der Waals surface area contributed by atoms with E-state index in [1.54, 1.807) is 18.1 Å². The third kappa shape index (κ3) is 4.95. The molecule has 2 aromatic carbocycles. The van der Waals surface area contributed by atoms with Gasteiger partial charge in [-0.1, -0.05) is 36.4 Å². The quantitative estimate of drug-likeness (QED) is 0.628. The average Bonchev–Trinajstić information content (AvgIpc) is 2.68. The normalized spacial score (nSPS) is 10.7. The van der Waals surface area contributed by atoms with Crippen LogP contribution in [-0.4, -0.2) is 36.2 Å². The predicted octanol–water partition coefficient (Wildman–Crippen LogP) is 3.60. The van der Waals surface area contributed by atoms with Gasteiger partial charge in [-0.15, -0.1) is 0 Å². The number of urea groups is 1. The zero-order valence-electron chi connectivity index (χ0n) is 15.3. The van der Waals surface area contributed by atoms with Crippen molar-refractivity contribution in [2.24, 2.45) is 0 Å². The summed E-state index contributed by atoms with van der Waals surface area (Å²) in [6.45, 7) is 1.42. The van der Waals surface area contributed by atoms with Crippen molar-refractivity contribution < 1.29 is 9.53 Å². The molecule has 1 heterocycles. The molecule has 140 valence electrons. The molecule has 0 saturated carbocycles. The molecule has 0 radical (unpaired) electrons. The molecule has 0 aliphatic carbocycles. The molecule has 6 nitrogen and oxygen atoms in total. The van der Waals surface area contributed by atoms with Crippen LogP contribution in [-0.2, 0) is 11.3 Å². The smallest absolute Gasteiger partial charge is 0.322 e. The number of hydrogen-bond acceptors (Lipinski definition) is 3. The van der Waals surface area contributed by atoms with Crippen molar-refractivity contribution in [1.29, 1.82) is 0 Å². The summed E-state index contributed by atoms with van der Waals surface area (Å²) in [4.78, 5) is 29.4. The summed E-state index contributed by atoms with van der Waals surface area (Å²) in [5.74, 6) is 0. The first-order valence-electron chi connectivity index (χ1n) is 8.88. The second-order valence-electron chi connectivity index (χ2n) is 6.27. The lowest BCUT2D eigenvalue weighted by Crippen LogP contribution is -2.36. The lowest BCUT2D eigenvalue weighted by Gasteiger charge is -2.24. The van der Waals surface area contributed by atoms with E-state index in [1.165, 1.54) is 0 Å². The zero-order valence-corrected chi connectivity index (χ0v) is 15.3. The summed E-state index contributed by atoms with van der Waals surface area (Å²) in [7, 11) is 1.64. The number of rotatable bonds is 7. The maximum absolute atomic E-state index is 12.8. The topological polar surface area (TPSA) is 74.4 Å². The third-order valence-corrected chi connectivity index (χ3v) is 4.29. The van der Waals surface area contributed by atoms with Gasteiger partial charge in [-0.05, 0) is 30.2 Å². The molecule has 0 fully saturated rings. The largest absolute Gasteiger partial charge is 0.385 e. The summed E-state index contributed by atoms with van der Waals surface area (Å²) in [5, 5.41) is 3.84. The van der Waals surface area contributed by atoms with Gasteiger partial charge in [-0.2, -0.15) is 0 Å². The van der Waals surface area contributed by atoms with E-state index in [-0.39, 0.29) is 11.6 Å². The number of methoxy groups -OCH3 is 1. The van der Waals surface area contributed by atoms with Gasteiger partial charge in [0.15, 0.2) is 0 Å². The van der Waals surface area contributed by atoms with E-state index in [1.807, 2.05) is 54.6 Å². The number of nitrogens with one attached hydrogen (secondary N) is 2. The summed E-state index contributed by atoms with van der Waals surface area (Å²) < 4.78 is 5.12. The molecule has 2 amide bonds. The van der Waals surface area contributed by atoms with Gasteiger partial charge >= 0.3 is 6.03 Å². The SMILES string of the molecule is COCCCN(Cc1cc(=O)[nH]c2ccccc12)C(=O)Nc1ccccc1. The number of pyridine rings is 1. The van der Waals surface area contributed by atoms with Crippen LogP contribution in [0.1, 0.15) is 12.0 Å². The molecule has 3 aromatic rings. The predicted molar refractivity (Wildman–Crippen MR) is 107 cm³/mol. The molecule has 0 saturated heterocycles. The van der Waals surface area contributed by atoms with Gasteiger partial charge in [0.1, 0.15) is 0 Å². The number of hydrogen-bond donors (Lipinski definition) is 2.